The summed E-state index contributed by atoms with van der Waals surface area (Å²) in [4.78, 5) is 0. The maximum absolute atomic E-state index is 9.76. The molecule has 78 valence electrons. The van der Waals surface area contributed by atoms with Gasteiger partial charge in [-0.3, -0.25) is 0 Å². The summed E-state index contributed by atoms with van der Waals surface area (Å²) < 4.78 is 4.99. The summed E-state index contributed by atoms with van der Waals surface area (Å²) in [5.41, 5.74) is 0.723. The molecule has 0 atom stereocenters. The lowest BCUT2D eigenvalue weighted by Gasteiger charge is -2.10. The van der Waals surface area contributed by atoms with E-state index in [-0.39, 0.29) is 5.75 Å². The Bertz CT molecular complexity index is 315. The quantitative estimate of drug-likeness (QED) is 0.805. The molecule has 3 nitrogen and oxygen atoms in total. The van der Waals surface area contributed by atoms with Crippen LogP contribution >= 0.6 is 11.6 Å². The summed E-state index contributed by atoms with van der Waals surface area (Å²) in [6, 6.07) is 3.38. The molecule has 0 aliphatic rings. The SMILES string of the molecule is CNCCc1c(Cl)ccc(OC)c1O. The second kappa shape index (κ2) is 5.08. The summed E-state index contributed by atoms with van der Waals surface area (Å²) in [6.07, 6.45) is 0.679. The maximum Gasteiger partial charge on any atom is 0.162 e. The summed E-state index contributed by atoms with van der Waals surface area (Å²) in [7, 11) is 3.37. The molecule has 0 radical (unpaired) electrons. The van der Waals surface area contributed by atoms with E-state index in [2.05, 4.69) is 5.32 Å². The van der Waals surface area contributed by atoms with Crippen molar-refractivity contribution in [3.63, 3.8) is 0 Å². The van der Waals surface area contributed by atoms with E-state index in [0.29, 0.717) is 17.2 Å². The highest BCUT2D eigenvalue weighted by molar-refractivity contribution is 6.31. The predicted molar refractivity (Wildman–Crippen MR) is 57.3 cm³/mol. The summed E-state index contributed by atoms with van der Waals surface area (Å²) in [6.45, 7) is 0.764. The van der Waals surface area contributed by atoms with Gasteiger partial charge in [-0.25, -0.2) is 0 Å². The van der Waals surface area contributed by atoms with Gasteiger partial charge in [-0.1, -0.05) is 11.6 Å². The van der Waals surface area contributed by atoms with E-state index in [1.165, 1.54) is 7.11 Å². The second-order valence-electron chi connectivity index (χ2n) is 2.93. The van der Waals surface area contributed by atoms with Crippen LogP contribution in [0.5, 0.6) is 11.5 Å². The van der Waals surface area contributed by atoms with Crippen LogP contribution in [0.4, 0.5) is 0 Å². The Kier molecular flexibility index (Phi) is 4.04. The number of phenolic OH excluding ortho intramolecular Hbond substituents is 1. The Morgan fingerprint density at radius 1 is 1.50 bits per heavy atom. The van der Waals surface area contributed by atoms with Gasteiger partial charge in [0, 0.05) is 10.6 Å². The Balaban J connectivity index is 2.99. The zero-order chi connectivity index (χ0) is 10.6. The minimum absolute atomic E-state index is 0.134. The topological polar surface area (TPSA) is 41.5 Å². The van der Waals surface area contributed by atoms with Gasteiger partial charge in [0.15, 0.2) is 11.5 Å². The standard InChI is InChI=1S/C10H14ClNO2/c1-12-6-5-7-8(11)3-4-9(14-2)10(7)13/h3-4,12-13H,5-6H2,1-2H3. The van der Waals surface area contributed by atoms with Crippen LogP contribution in [0.3, 0.4) is 0 Å². The van der Waals surface area contributed by atoms with E-state index in [9.17, 15) is 5.11 Å². The average Bonchev–Trinajstić information content (AvgIpc) is 2.18. The zero-order valence-electron chi connectivity index (χ0n) is 8.30. The van der Waals surface area contributed by atoms with E-state index in [1.54, 1.807) is 12.1 Å². The Hall–Kier alpha value is -0.930. The van der Waals surface area contributed by atoms with E-state index in [4.69, 9.17) is 16.3 Å². The van der Waals surface area contributed by atoms with Crippen LogP contribution in [0, 0.1) is 0 Å². The van der Waals surface area contributed by atoms with Crippen molar-refractivity contribution in [2.75, 3.05) is 20.7 Å². The molecule has 0 amide bonds. The largest absolute Gasteiger partial charge is 0.504 e. The van der Waals surface area contributed by atoms with Crippen molar-refractivity contribution in [2.24, 2.45) is 0 Å². The van der Waals surface area contributed by atoms with Crippen molar-refractivity contribution in [1.82, 2.24) is 5.32 Å². The first-order chi connectivity index (χ1) is 6.70. The van der Waals surface area contributed by atoms with Gasteiger partial charge < -0.3 is 15.2 Å². The second-order valence-corrected chi connectivity index (χ2v) is 3.34. The fourth-order valence-electron chi connectivity index (χ4n) is 1.24. The lowest BCUT2D eigenvalue weighted by atomic mass is 10.1. The van der Waals surface area contributed by atoms with Gasteiger partial charge in [0.05, 0.1) is 7.11 Å². The molecule has 1 aromatic carbocycles. The average molecular weight is 216 g/mol. The van der Waals surface area contributed by atoms with E-state index < -0.39 is 0 Å². The van der Waals surface area contributed by atoms with Crippen molar-refractivity contribution in [1.29, 1.82) is 0 Å². The van der Waals surface area contributed by atoms with Gasteiger partial charge in [0.25, 0.3) is 0 Å². The number of rotatable bonds is 4. The van der Waals surface area contributed by atoms with Crippen LogP contribution < -0.4 is 10.1 Å². The number of benzene rings is 1. The van der Waals surface area contributed by atoms with Crippen LogP contribution in [0.1, 0.15) is 5.56 Å². The van der Waals surface area contributed by atoms with Crippen molar-refractivity contribution in [2.45, 2.75) is 6.42 Å². The van der Waals surface area contributed by atoms with Gasteiger partial charge in [-0.05, 0) is 32.1 Å². The third kappa shape index (κ3) is 2.30. The van der Waals surface area contributed by atoms with Gasteiger partial charge in [-0.15, -0.1) is 0 Å². The highest BCUT2D eigenvalue weighted by Crippen LogP contribution is 2.34. The summed E-state index contributed by atoms with van der Waals surface area (Å²) in [5, 5.41) is 13.3. The monoisotopic (exact) mass is 215 g/mol. The number of likely N-dealkylation sites (N-methyl/N-ethyl adjacent to an activating group) is 1. The van der Waals surface area contributed by atoms with Crippen LogP contribution in [0.15, 0.2) is 12.1 Å². The Labute approximate surface area is 88.7 Å². The van der Waals surface area contributed by atoms with E-state index in [1.807, 2.05) is 7.05 Å². The highest BCUT2D eigenvalue weighted by atomic mass is 35.5. The molecule has 0 fully saturated rings. The van der Waals surface area contributed by atoms with Crippen LogP contribution in [-0.2, 0) is 6.42 Å². The number of ether oxygens (including phenoxy) is 1. The molecule has 0 aliphatic heterocycles. The van der Waals surface area contributed by atoms with Crippen molar-refractivity contribution in [3.05, 3.63) is 22.7 Å². The number of hydrogen-bond donors (Lipinski definition) is 2. The Morgan fingerprint density at radius 3 is 2.79 bits per heavy atom. The van der Waals surface area contributed by atoms with Crippen LogP contribution in [0.25, 0.3) is 0 Å². The molecule has 1 aromatic rings. The minimum atomic E-state index is 0.134. The molecule has 1 rings (SSSR count). The van der Waals surface area contributed by atoms with Crippen molar-refractivity contribution < 1.29 is 9.84 Å². The zero-order valence-corrected chi connectivity index (χ0v) is 9.06. The van der Waals surface area contributed by atoms with Crippen molar-refractivity contribution >= 4 is 11.6 Å². The predicted octanol–water partition coefficient (Wildman–Crippen LogP) is 1.82. The number of halogens is 1. The molecule has 2 N–H and O–H groups in total. The van der Waals surface area contributed by atoms with E-state index in [0.717, 1.165) is 12.1 Å². The number of hydrogen-bond acceptors (Lipinski definition) is 3. The first-order valence-electron chi connectivity index (χ1n) is 4.39. The highest BCUT2D eigenvalue weighted by Gasteiger charge is 2.10. The molecular weight excluding hydrogens is 202 g/mol. The first kappa shape index (κ1) is 11.1. The molecule has 14 heavy (non-hydrogen) atoms. The number of aromatic hydroxyl groups is 1. The smallest absolute Gasteiger partial charge is 0.162 e. The fourth-order valence-corrected chi connectivity index (χ4v) is 1.49. The third-order valence-electron chi connectivity index (χ3n) is 2.03. The molecule has 0 bridgehead atoms. The lowest BCUT2D eigenvalue weighted by molar-refractivity contribution is 0.370. The van der Waals surface area contributed by atoms with Gasteiger partial charge in [-0.2, -0.15) is 0 Å². The summed E-state index contributed by atoms with van der Waals surface area (Å²) >= 11 is 5.95. The van der Waals surface area contributed by atoms with Gasteiger partial charge >= 0.3 is 0 Å². The fraction of sp³-hybridized carbons (Fsp3) is 0.400. The normalized spacial score (nSPS) is 10.2. The van der Waals surface area contributed by atoms with Crippen LogP contribution in [0.2, 0.25) is 5.02 Å². The molecule has 0 heterocycles. The van der Waals surface area contributed by atoms with Crippen LogP contribution in [-0.4, -0.2) is 25.8 Å². The first-order valence-corrected chi connectivity index (χ1v) is 4.77. The molecule has 0 saturated carbocycles. The minimum Gasteiger partial charge on any atom is -0.504 e. The molecule has 0 aliphatic carbocycles. The third-order valence-corrected chi connectivity index (χ3v) is 2.39. The number of nitrogens with one attached hydrogen (secondary N) is 1. The number of phenols is 1. The Morgan fingerprint density at radius 2 is 2.21 bits per heavy atom. The molecular formula is C10H14ClNO2. The molecule has 0 unspecified atom stereocenters. The molecule has 0 spiro atoms. The van der Waals surface area contributed by atoms with Gasteiger partial charge in [0.2, 0.25) is 0 Å². The molecule has 4 heteroatoms. The molecule has 0 aromatic heterocycles. The van der Waals surface area contributed by atoms with Gasteiger partial charge in [0.1, 0.15) is 0 Å². The van der Waals surface area contributed by atoms with Crippen molar-refractivity contribution in [3.8, 4) is 11.5 Å². The molecule has 0 saturated heterocycles. The maximum atomic E-state index is 9.76. The number of methoxy groups -OCH3 is 1. The lowest BCUT2D eigenvalue weighted by Crippen LogP contribution is -2.10. The van der Waals surface area contributed by atoms with E-state index >= 15 is 0 Å². The summed E-state index contributed by atoms with van der Waals surface area (Å²) in [5.74, 6) is 0.593.